The zero-order valence-electron chi connectivity index (χ0n) is 27.6. The summed E-state index contributed by atoms with van der Waals surface area (Å²) in [6.45, 7) is 2.60. The molecule has 1 aliphatic heterocycles. The Kier molecular flexibility index (Phi) is 12.4. The lowest BCUT2D eigenvalue weighted by Crippen LogP contribution is -2.36. The van der Waals surface area contributed by atoms with Gasteiger partial charge >= 0.3 is 12.1 Å². The first-order chi connectivity index (χ1) is 24.6. The Morgan fingerprint density at radius 1 is 0.824 bits per heavy atom. The van der Waals surface area contributed by atoms with E-state index in [9.17, 15) is 27.6 Å². The number of anilines is 1. The van der Waals surface area contributed by atoms with E-state index in [1.807, 2.05) is 48.5 Å². The number of ether oxygens (including phenoxy) is 1. The molecular formula is C39H37F3N4O5. The van der Waals surface area contributed by atoms with Crippen LogP contribution in [0, 0.1) is 0 Å². The molecule has 2 amide bonds. The minimum Gasteiger partial charge on any atom is -0.455 e. The number of alkyl halides is 3. The van der Waals surface area contributed by atoms with Crippen molar-refractivity contribution in [2.75, 3.05) is 11.4 Å². The highest BCUT2D eigenvalue weighted by Crippen LogP contribution is 2.35. The first-order valence-electron chi connectivity index (χ1n) is 16.3. The fourth-order valence-corrected chi connectivity index (χ4v) is 5.53. The number of hydrogen-bond donors (Lipinski definition) is 3. The predicted molar refractivity (Wildman–Crippen MR) is 187 cm³/mol. The molecule has 0 unspecified atom stereocenters. The van der Waals surface area contributed by atoms with Gasteiger partial charge in [-0.1, -0.05) is 91.0 Å². The van der Waals surface area contributed by atoms with Crippen molar-refractivity contribution in [3.63, 3.8) is 0 Å². The van der Waals surface area contributed by atoms with E-state index in [4.69, 9.17) is 10.5 Å². The lowest BCUT2D eigenvalue weighted by molar-refractivity contribution is -0.207. The Morgan fingerprint density at radius 2 is 1.53 bits per heavy atom. The molecule has 6 rings (SSSR count). The summed E-state index contributed by atoms with van der Waals surface area (Å²) in [5.74, 6) is -3.28. The number of fused-ring (bicyclic) bond motifs is 2. The van der Waals surface area contributed by atoms with Crippen molar-refractivity contribution in [2.24, 2.45) is 5.73 Å². The van der Waals surface area contributed by atoms with Crippen LogP contribution in [0.15, 0.2) is 115 Å². The van der Waals surface area contributed by atoms with E-state index in [2.05, 4.69) is 34.4 Å². The summed E-state index contributed by atoms with van der Waals surface area (Å²) in [7, 11) is 0. The van der Waals surface area contributed by atoms with Gasteiger partial charge in [0, 0.05) is 25.9 Å². The quantitative estimate of drug-likeness (QED) is 0.144. The van der Waals surface area contributed by atoms with Crippen molar-refractivity contribution >= 4 is 34.2 Å². The van der Waals surface area contributed by atoms with Gasteiger partial charge in [-0.2, -0.15) is 18.7 Å². The molecule has 0 atom stereocenters. The van der Waals surface area contributed by atoms with Crippen LogP contribution in [0.2, 0.25) is 0 Å². The molecule has 9 nitrogen and oxygen atoms in total. The van der Waals surface area contributed by atoms with Crippen LogP contribution in [0.25, 0.3) is 10.8 Å². The van der Waals surface area contributed by atoms with Crippen molar-refractivity contribution < 1.29 is 37.1 Å². The van der Waals surface area contributed by atoms with E-state index in [1.165, 1.54) is 27.9 Å². The van der Waals surface area contributed by atoms with E-state index in [1.54, 1.807) is 42.5 Å². The third-order valence-corrected chi connectivity index (χ3v) is 8.09. The fourth-order valence-electron chi connectivity index (χ4n) is 5.53. The lowest BCUT2D eigenvalue weighted by atomic mass is 10.0. The molecule has 5 aromatic rings. The maximum Gasteiger partial charge on any atom is 0.493 e. The number of nitrogens with one attached hydrogen (secondary N) is 2. The summed E-state index contributed by atoms with van der Waals surface area (Å²) >= 11 is 0. The Morgan fingerprint density at radius 3 is 2.31 bits per heavy atom. The Hall–Kier alpha value is -5.72. The van der Waals surface area contributed by atoms with Crippen LogP contribution in [0.4, 0.5) is 18.9 Å². The van der Waals surface area contributed by atoms with Crippen LogP contribution < -0.4 is 26.2 Å². The second kappa shape index (κ2) is 17.3. The molecule has 0 radical (unpaired) electrons. The maximum atomic E-state index is 13.6. The smallest absolute Gasteiger partial charge is 0.455 e. The van der Waals surface area contributed by atoms with Gasteiger partial charge in [-0.3, -0.25) is 9.59 Å². The van der Waals surface area contributed by atoms with Crippen molar-refractivity contribution in [1.82, 2.24) is 10.8 Å². The Bertz CT molecular complexity index is 1950. The van der Waals surface area contributed by atoms with Gasteiger partial charge in [0.15, 0.2) is 5.75 Å². The summed E-state index contributed by atoms with van der Waals surface area (Å²) in [6, 6.07) is 36.0. The number of hydrogen-bond acceptors (Lipinski definition) is 7. The van der Waals surface area contributed by atoms with E-state index in [-0.39, 0.29) is 6.54 Å². The number of carbonyl (C=O) groups excluding carboxylic acids is 3. The second-order valence-electron chi connectivity index (χ2n) is 11.6. The molecule has 51 heavy (non-hydrogen) atoms. The van der Waals surface area contributed by atoms with Crippen LogP contribution in [-0.2, 0) is 45.3 Å². The number of benzene rings is 5. The zero-order valence-corrected chi connectivity index (χ0v) is 27.6. The molecule has 12 heteroatoms. The third kappa shape index (κ3) is 10.2. The number of para-hydroxylation sites is 2. The minimum absolute atomic E-state index is 0.105. The maximum absolute atomic E-state index is 13.6. The number of rotatable bonds is 9. The molecule has 5 aromatic carbocycles. The average molecular weight is 699 g/mol. The number of amides is 2. The van der Waals surface area contributed by atoms with Crippen LogP contribution in [-0.4, -0.2) is 30.5 Å². The molecule has 0 spiro atoms. The van der Waals surface area contributed by atoms with Crippen LogP contribution in [0.1, 0.15) is 35.1 Å². The van der Waals surface area contributed by atoms with Crippen molar-refractivity contribution in [3.05, 3.63) is 138 Å². The summed E-state index contributed by atoms with van der Waals surface area (Å²) in [5.41, 5.74) is 12.3. The highest BCUT2D eigenvalue weighted by atomic mass is 19.4. The number of nitrogens with two attached hydrogens (primary N) is 1. The largest absolute Gasteiger partial charge is 0.493 e. The molecule has 4 N–H and O–H groups in total. The normalized spacial score (nSPS) is 12.2. The molecule has 0 saturated heterocycles. The predicted octanol–water partition coefficient (Wildman–Crippen LogP) is 6.87. The zero-order chi connectivity index (χ0) is 36.2. The molecule has 0 saturated carbocycles. The van der Waals surface area contributed by atoms with Gasteiger partial charge in [-0.25, -0.2) is 4.79 Å². The van der Waals surface area contributed by atoms with Crippen molar-refractivity contribution in [1.29, 1.82) is 0 Å². The number of carbonyl (C=O) groups is 3. The molecule has 0 fully saturated rings. The molecule has 1 aliphatic rings. The van der Waals surface area contributed by atoms with E-state index in [0.717, 1.165) is 35.0 Å². The van der Waals surface area contributed by atoms with E-state index in [0.29, 0.717) is 23.7 Å². The number of hydroxylamine groups is 1. The van der Waals surface area contributed by atoms with Crippen LogP contribution >= 0.6 is 0 Å². The Balaban J connectivity index is 0.000000428. The number of halogens is 3. The Labute approximate surface area is 293 Å². The van der Waals surface area contributed by atoms with Gasteiger partial charge in [-0.15, -0.1) is 0 Å². The fraction of sp³-hybridized carbons (Fsp3) is 0.205. The van der Waals surface area contributed by atoms with Crippen molar-refractivity contribution in [3.8, 4) is 11.5 Å². The van der Waals surface area contributed by atoms with E-state index >= 15 is 0 Å². The molecular weight excluding hydrogens is 661 g/mol. The molecule has 0 aliphatic carbocycles. The first kappa shape index (κ1) is 36.6. The summed E-state index contributed by atoms with van der Waals surface area (Å²) in [5, 5.41) is 5.22. The monoisotopic (exact) mass is 698 g/mol. The van der Waals surface area contributed by atoms with Crippen molar-refractivity contribution in [2.45, 2.75) is 45.1 Å². The SMILES string of the molecule is NCc1cccc(Oc2ccccc2N(Cc2cccc3ccccc23)C(=O)CCC(=O)NOC(=O)C(F)(F)F)c1.c1ccc2c(c1)CCNC2. The second-order valence-corrected chi connectivity index (χ2v) is 11.6. The van der Waals surface area contributed by atoms with Crippen LogP contribution in [0.3, 0.4) is 0 Å². The number of nitrogens with zero attached hydrogens (tertiary/aromatic N) is 1. The first-order valence-corrected chi connectivity index (χ1v) is 16.3. The molecule has 0 aromatic heterocycles. The highest BCUT2D eigenvalue weighted by Gasteiger charge is 2.42. The lowest BCUT2D eigenvalue weighted by Gasteiger charge is -2.26. The van der Waals surface area contributed by atoms with Gasteiger partial charge in [0.05, 0.1) is 12.2 Å². The van der Waals surface area contributed by atoms with Gasteiger partial charge in [0.2, 0.25) is 5.91 Å². The van der Waals surface area contributed by atoms with Crippen LogP contribution in [0.5, 0.6) is 11.5 Å². The molecule has 264 valence electrons. The minimum atomic E-state index is -5.27. The summed E-state index contributed by atoms with van der Waals surface area (Å²) in [4.78, 5) is 41.8. The summed E-state index contributed by atoms with van der Waals surface area (Å²) in [6.07, 6.45) is -5.00. The average Bonchev–Trinajstić information content (AvgIpc) is 3.15. The van der Waals surface area contributed by atoms with Gasteiger partial charge in [0.25, 0.3) is 5.91 Å². The standard InChI is InChI=1S/C30H26F3N3O5.C9H11N/c31-30(32,33)29(39)41-35-27(37)15-16-28(38)36(19-22-10-6-9-21-8-1-2-12-24(21)22)25-13-3-4-14-26(25)40-23-11-5-7-20(17-23)18-34;1-2-4-9-7-10-6-5-8(9)3-1/h1-14,17H,15-16,18-19,34H2,(H,35,37);1-4,10H,5-7H2. The topological polar surface area (TPSA) is 123 Å². The third-order valence-electron chi connectivity index (χ3n) is 8.09. The molecule has 1 heterocycles. The van der Waals surface area contributed by atoms with E-state index < -0.39 is 36.8 Å². The molecule has 0 bridgehead atoms. The van der Waals surface area contributed by atoms with Gasteiger partial charge < -0.3 is 25.5 Å². The van der Waals surface area contributed by atoms with Gasteiger partial charge in [0.1, 0.15) is 5.75 Å². The highest BCUT2D eigenvalue weighted by molar-refractivity contribution is 5.97. The van der Waals surface area contributed by atoms with Gasteiger partial charge in [-0.05, 0) is 70.3 Å². The summed E-state index contributed by atoms with van der Waals surface area (Å²) < 4.78 is 43.2.